The van der Waals surface area contributed by atoms with E-state index in [0.717, 1.165) is 38.3 Å². The Morgan fingerprint density at radius 1 is 1.41 bits per heavy atom. The summed E-state index contributed by atoms with van der Waals surface area (Å²) in [6, 6.07) is 8.01. The number of urea groups is 1. The van der Waals surface area contributed by atoms with Gasteiger partial charge in [0.15, 0.2) is 0 Å². The number of benzene rings is 1. The number of hydrogen-bond acceptors (Lipinski definition) is 2. The normalized spacial score (nSPS) is 15.7. The Balaban J connectivity index is 1.96. The van der Waals surface area contributed by atoms with E-state index < -0.39 is 0 Å². The maximum Gasteiger partial charge on any atom is 0.321 e. The molecule has 2 amide bonds. The lowest BCUT2D eigenvalue weighted by Crippen LogP contribution is -2.48. The maximum absolute atomic E-state index is 12.0. The van der Waals surface area contributed by atoms with Crippen molar-refractivity contribution in [3.63, 3.8) is 0 Å². The van der Waals surface area contributed by atoms with E-state index in [2.05, 4.69) is 23.6 Å². The van der Waals surface area contributed by atoms with Gasteiger partial charge in [0.2, 0.25) is 0 Å². The Bertz CT molecular complexity index is 386. The summed E-state index contributed by atoms with van der Waals surface area (Å²) in [4.78, 5) is 13.8. The molecule has 17 heavy (non-hydrogen) atoms. The van der Waals surface area contributed by atoms with Gasteiger partial charge in [0.25, 0.3) is 0 Å². The first-order valence-electron chi connectivity index (χ1n) is 6.15. The van der Waals surface area contributed by atoms with Gasteiger partial charge in [-0.1, -0.05) is 19.1 Å². The van der Waals surface area contributed by atoms with Gasteiger partial charge in [0.1, 0.15) is 0 Å². The number of piperazine rings is 1. The molecule has 2 rings (SSSR count). The molecule has 4 heteroatoms. The molecule has 1 aromatic rings. The fourth-order valence-corrected chi connectivity index (χ4v) is 1.94. The highest BCUT2D eigenvalue weighted by Gasteiger charge is 2.15. The van der Waals surface area contributed by atoms with Gasteiger partial charge >= 0.3 is 6.03 Å². The highest BCUT2D eigenvalue weighted by atomic mass is 16.2. The monoisotopic (exact) mass is 233 g/mol. The number of carbonyl (C=O) groups is 1. The highest BCUT2D eigenvalue weighted by Crippen LogP contribution is 2.12. The van der Waals surface area contributed by atoms with E-state index in [-0.39, 0.29) is 6.03 Å². The molecule has 0 aliphatic carbocycles. The van der Waals surface area contributed by atoms with Gasteiger partial charge in [-0.3, -0.25) is 0 Å². The second-order valence-electron chi connectivity index (χ2n) is 4.22. The van der Waals surface area contributed by atoms with Crippen molar-refractivity contribution in [3.8, 4) is 0 Å². The summed E-state index contributed by atoms with van der Waals surface area (Å²) in [6.45, 7) is 5.42. The summed E-state index contributed by atoms with van der Waals surface area (Å²) in [6.07, 6.45) is 0.983. The van der Waals surface area contributed by atoms with Crippen LogP contribution in [0.2, 0.25) is 0 Å². The van der Waals surface area contributed by atoms with Crippen molar-refractivity contribution in [2.45, 2.75) is 13.3 Å². The zero-order valence-corrected chi connectivity index (χ0v) is 10.2. The van der Waals surface area contributed by atoms with E-state index in [1.165, 1.54) is 5.56 Å². The van der Waals surface area contributed by atoms with Crippen molar-refractivity contribution >= 4 is 11.7 Å². The van der Waals surface area contributed by atoms with Crippen LogP contribution in [0.4, 0.5) is 10.5 Å². The predicted octanol–water partition coefficient (Wildman–Crippen LogP) is 1.69. The van der Waals surface area contributed by atoms with Crippen molar-refractivity contribution < 1.29 is 4.79 Å². The zero-order chi connectivity index (χ0) is 12.1. The van der Waals surface area contributed by atoms with Crippen molar-refractivity contribution in [1.29, 1.82) is 0 Å². The predicted molar refractivity (Wildman–Crippen MR) is 69.3 cm³/mol. The van der Waals surface area contributed by atoms with Gasteiger partial charge in [-0.05, 0) is 24.1 Å². The molecule has 2 N–H and O–H groups in total. The average Bonchev–Trinajstić information content (AvgIpc) is 2.40. The Labute approximate surface area is 102 Å². The van der Waals surface area contributed by atoms with Crippen LogP contribution in [0.3, 0.4) is 0 Å². The van der Waals surface area contributed by atoms with Gasteiger partial charge < -0.3 is 15.5 Å². The van der Waals surface area contributed by atoms with Gasteiger partial charge in [-0.25, -0.2) is 4.79 Å². The van der Waals surface area contributed by atoms with Crippen LogP contribution in [0.25, 0.3) is 0 Å². The third kappa shape index (κ3) is 3.20. The first-order chi connectivity index (χ1) is 8.29. The van der Waals surface area contributed by atoms with Crippen molar-refractivity contribution in [2.24, 2.45) is 0 Å². The third-order valence-corrected chi connectivity index (χ3v) is 2.99. The standard InChI is InChI=1S/C13H19N3O/c1-2-11-4-3-5-12(10-11)15-13(17)16-8-6-14-7-9-16/h3-5,10,14H,2,6-9H2,1H3,(H,15,17). The van der Waals surface area contributed by atoms with Gasteiger partial charge in [-0.2, -0.15) is 0 Å². The molecule has 0 atom stereocenters. The lowest BCUT2D eigenvalue weighted by atomic mass is 10.1. The summed E-state index contributed by atoms with van der Waals surface area (Å²) < 4.78 is 0. The SMILES string of the molecule is CCc1cccc(NC(=O)N2CCNCC2)c1. The number of carbonyl (C=O) groups excluding carboxylic acids is 1. The first kappa shape index (κ1) is 11.9. The average molecular weight is 233 g/mol. The molecule has 0 spiro atoms. The molecule has 0 bridgehead atoms. The van der Waals surface area contributed by atoms with Gasteiger partial charge in [0, 0.05) is 31.9 Å². The van der Waals surface area contributed by atoms with E-state index in [9.17, 15) is 4.79 Å². The second kappa shape index (κ2) is 5.68. The first-order valence-corrected chi connectivity index (χ1v) is 6.15. The molecular weight excluding hydrogens is 214 g/mol. The maximum atomic E-state index is 12.0. The summed E-state index contributed by atoms with van der Waals surface area (Å²) in [5.41, 5.74) is 2.12. The van der Waals surface area contributed by atoms with E-state index >= 15 is 0 Å². The molecule has 0 unspecified atom stereocenters. The number of nitrogens with zero attached hydrogens (tertiary/aromatic N) is 1. The fraction of sp³-hybridized carbons (Fsp3) is 0.462. The molecule has 1 fully saturated rings. The van der Waals surface area contributed by atoms with Crippen LogP contribution in [0, 0.1) is 0 Å². The molecule has 0 saturated carbocycles. The van der Waals surface area contributed by atoms with E-state index in [1.807, 2.05) is 23.1 Å². The van der Waals surface area contributed by atoms with Crippen molar-refractivity contribution in [1.82, 2.24) is 10.2 Å². The Hall–Kier alpha value is -1.55. The van der Waals surface area contributed by atoms with Crippen LogP contribution in [-0.2, 0) is 6.42 Å². The highest BCUT2D eigenvalue weighted by molar-refractivity contribution is 5.89. The minimum Gasteiger partial charge on any atom is -0.322 e. The lowest BCUT2D eigenvalue weighted by Gasteiger charge is -2.27. The van der Waals surface area contributed by atoms with Crippen LogP contribution in [0.15, 0.2) is 24.3 Å². The number of hydrogen-bond donors (Lipinski definition) is 2. The van der Waals surface area contributed by atoms with E-state index in [0.29, 0.717) is 0 Å². The molecular formula is C13H19N3O. The van der Waals surface area contributed by atoms with Crippen molar-refractivity contribution in [2.75, 3.05) is 31.5 Å². The molecule has 1 aliphatic heterocycles. The molecule has 0 aromatic heterocycles. The fourth-order valence-electron chi connectivity index (χ4n) is 1.94. The quantitative estimate of drug-likeness (QED) is 0.816. The van der Waals surface area contributed by atoms with Crippen molar-refractivity contribution in [3.05, 3.63) is 29.8 Å². The molecule has 1 heterocycles. The molecule has 1 aromatic carbocycles. The molecule has 1 aliphatic rings. The van der Waals surface area contributed by atoms with Gasteiger partial charge in [0.05, 0.1) is 0 Å². The summed E-state index contributed by atoms with van der Waals surface area (Å²) in [5.74, 6) is 0. The van der Waals surface area contributed by atoms with E-state index in [1.54, 1.807) is 0 Å². The summed E-state index contributed by atoms with van der Waals surface area (Å²) in [5, 5.41) is 6.18. The van der Waals surface area contributed by atoms with Crippen LogP contribution in [0.1, 0.15) is 12.5 Å². The van der Waals surface area contributed by atoms with Crippen LogP contribution >= 0.6 is 0 Å². The number of anilines is 1. The number of amides is 2. The molecule has 0 radical (unpaired) electrons. The van der Waals surface area contributed by atoms with Crippen LogP contribution in [0.5, 0.6) is 0 Å². The van der Waals surface area contributed by atoms with Crippen LogP contribution in [-0.4, -0.2) is 37.1 Å². The second-order valence-corrected chi connectivity index (χ2v) is 4.22. The lowest BCUT2D eigenvalue weighted by molar-refractivity contribution is 0.204. The molecule has 1 saturated heterocycles. The smallest absolute Gasteiger partial charge is 0.321 e. The minimum atomic E-state index is -0.000229. The van der Waals surface area contributed by atoms with Gasteiger partial charge in [-0.15, -0.1) is 0 Å². The third-order valence-electron chi connectivity index (χ3n) is 2.99. The zero-order valence-electron chi connectivity index (χ0n) is 10.2. The van der Waals surface area contributed by atoms with E-state index in [4.69, 9.17) is 0 Å². The summed E-state index contributed by atoms with van der Waals surface area (Å²) >= 11 is 0. The number of aryl methyl sites for hydroxylation is 1. The largest absolute Gasteiger partial charge is 0.322 e. The Kier molecular flexibility index (Phi) is 3.98. The molecule has 4 nitrogen and oxygen atoms in total. The number of rotatable bonds is 2. The van der Waals surface area contributed by atoms with Crippen LogP contribution < -0.4 is 10.6 Å². The number of nitrogens with one attached hydrogen (secondary N) is 2. The molecule has 92 valence electrons. The Morgan fingerprint density at radius 3 is 2.88 bits per heavy atom. The topological polar surface area (TPSA) is 44.4 Å². The summed E-state index contributed by atoms with van der Waals surface area (Å²) in [7, 11) is 0. The minimum absolute atomic E-state index is 0.000229. The Morgan fingerprint density at radius 2 is 2.18 bits per heavy atom.